The highest BCUT2D eigenvalue weighted by Gasteiger charge is 2.16. The summed E-state index contributed by atoms with van der Waals surface area (Å²) in [7, 11) is 0. The molecule has 1 aromatic rings. The van der Waals surface area contributed by atoms with E-state index in [1.165, 1.54) is 12.3 Å². The molecule has 0 bridgehead atoms. The van der Waals surface area contributed by atoms with Crippen molar-refractivity contribution in [3.8, 4) is 0 Å². The molecule has 0 aliphatic carbocycles. The maximum absolute atomic E-state index is 11.8. The van der Waals surface area contributed by atoms with Crippen LogP contribution in [0.5, 0.6) is 0 Å². The topological polar surface area (TPSA) is 82.2 Å². The molecule has 0 radical (unpaired) electrons. The first kappa shape index (κ1) is 13.4. The summed E-state index contributed by atoms with van der Waals surface area (Å²) in [5.41, 5.74) is -0.360. The van der Waals surface area contributed by atoms with Crippen molar-refractivity contribution in [3.63, 3.8) is 0 Å². The molecule has 0 saturated carbocycles. The summed E-state index contributed by atoms with van der Waals surface area (Å²) in [6.45, 7) is 3.88. The van der Waals surface area contributed by atoms with Crippen LogP contribution in [0.15, 0.2) is 23.1 Å². The molecule has 1 atom stereocenters. The van der Waals surface area contributed by atoms with E-state index >= 15 is 0 Å². The number of hydrogen-bond acceptors (Lipinski definition) is 3. The highest BCUT2D eigenvalue weighted by atomic mass is 16.3. The highest BCUT2D eigenvalue weighted by molar-refractivity contribution is 5.93. The van der Waals surface area contributed by atoms with Crippen molar-refractivity contribution in [1.29, 1.82) is 0 Å². The number of carbonyl (C=O) groups is 1. The predicted octanol–water partition coefficient (Wildman–Crippen LogP) is 0.512. The summed E-state index contributed by atoms with van der Waals surface area (Å²) in [4.78, 5) is 25.6. The Balaban J connectivity index is 2.71. The van der Waals surface area contributed by atoms with Gasteiger partial charge in [0.15, 0.2) is 0 Å². The lowest BCUT2D eigenvalue weighted by Crippen LogP contribution is -2.40. The van der Waals surface area contributed by atoms with E-state index in [4.69, 9.17) is 5.11 Å². The van der Waals surface area contributed by atoms with Gasteiger partial charge in [-0.3, -0.25) is 9.59 Å². The van der Waals surface area contributed by atoms with Gasteiger partial charge in [0.2, 0.25) is 0 Å². The van der Waals surface area contributed by atoms with Gasteiger partial charge in [0.1, 0.15) is 5.56 Å². The SMILES string of the molecule is CC(C)CC(CO)NC(=O)c1ccc[nH]c1=O. The van der Waals surface area contributed by atoms with Crippen LogP contribution in [0.25, 0.3) is 0 Å². The summed E-state index contributed by atoms with van der Waals surface area (Å²) in [5.74, 6) is -0.0898. The number of amides is 1. The Kier molecular flexibility index (Phi) is 4.90. The zero-order valence-electron chi connectivity index (χ0n) is 10.1. The lowest BCUT2D eigenvalue weighted by atomic mass is 10.0. The predicted molar refractivity (Wildman–Crippen MR) is 64.9 cm³/mol. The second-order valence-electron chi connectivity index (χ2n) is 4.40. The Morgan fingerprint density at radius 3 is 2.76 bits per heavy atom. The number of H-pyrrole nitrogens is 1. The van der Waals surface area contributed by atoms with E-state index in [9.17, 15) is 9.59 Å². The van der Waals surface area contributed by atoms with Crippen molar-refractivity contribution < 1.29 is 9.90 Å². The molecule has 0 aromatic carbocycles. The van der Waals surface area contributed by atoms with Gasteiger partial charge in [0.05, 0.1) is 12.6 Å². The number of carbonyl (C=O) groups excluding carboxylic acids is 1. The maximum atomic E-state index is 11.8. The second-order valence-corrected chi connectivity index (χ2v) is 4.40. The van der Waals surface area contributed by atoms with Crippen molar-refractivity contribution >= 4 is 5.91 Å². The smallest absolute Gasteiger partial charge is 0.260 e. The van der Waals surface area contributed by atoms with Crippen LogP contribution < -0.4 is 10.9 Å². The van der Waals surface area contributed by atoms with Crippen LogP contribution in [-0.4, -0.2) is 28.6 Å². The van der Waals surface area contributed by atoms with Gasteiger partial charge in [-0.2, -0.15) is 0 Å². The molecule has 0 saturated heterocycles. The van der Waals surface area contributed by atoms with E-state index < -0.39 is 11.5 Å². The van der Waals surface area contributed by atoms with Crippen LogP contribution in [0.4, 0.5) is 0 Å². The van der Waals surface area contributed by atoms with Crippen molar-refractivity contribution in [1.82, 2.24) is 10.3 Å². The molecule has 0 aliphatic heterocycles. The molecule has 1 amide bonds. The molecule has 5 heteroatoms. The van der Waals surface area contributed by atoms with E-state index in [2.05, 4.69) is 10.3 Å². The van der Waals surface area contributed by atoms with E-state index in [-0.39, 0.29) is 18.2 Å². The van der Waals surface area contributed by atoms with E-state index in [0.29, 0.717) is 12.3 Å². The molecular weight excluding hydrogens is 220 g/mol. The molecule has 0 aliphatic rings. The number of hydrogen-bond donors (Lipinski definition) is 3. The summed E-state index contributed by atoms with van der Waals surface area (Å²) >= 11 is 0. The molecule has 0 fully saturated rings. The highest BCUT2D eigenvalue weighted by Crippen LogP contribution is 2.04. The molecule has 1 unspecified atom stereocenters. The second kappa shape index (κ2) is 6.20. The fraction of sp³-hybridized carbons (Fsp3) is 0.500. The third-order valence-corrected chi connectivity index (χ3v) is 2.37. The summed E-state index contributed by atoms with van der Waals surface area (Å²) in [6.07, 6.45) is 2.14. The number of pyridine rings is 1. The lowest BCUT2D eigenvalue weighted by molar-refractivity contribution is 0.0907. The normalized spacial score (nSPS) is 12.5. The largest absolute Gasteiger partial charge is 0.394 e. The summed E-state index contributed by atoms with van der Waals surface area (Å²) < 4.78 is 0. The maximum Gasteiger partial charge on any atom is 0.260 e. The zero-order chi connectivity index (χ0) is 12.8. The molecule has 3 N–H and O–H groups in total. The minimum absolute atomic E-state index is 0.0645. The first-order valence-corrected chi connectivity index (χ1v) is 5.64. The number of aromatic nitrogens is 1. The molecular formula is C12H18N2O3. The minimum atomic E-state index is -0.452. The van der Waals surface area contributed by atoms with Gasteiger partial charge in [-0.25, -0.2) is 0 Å². The van der Waals surface area contributed by atoms with Crippen LogP contribution in [0.1, 0.15) is 30.6 Å². The molecule has 5 nitrogen and oxygen atoms in total. The Labute approximate surface area is 99.9 Å². The summed E-state index contributed by atoms with van der Waals surface area (Å²) in [6, 6.07) is 2.73. The van der Waals surface area contributed by atoms with Crippen LogP contribution in [0.3, 0.4) is 0 Å². The van der Waals surface area contributed by atoms with Crippen molar-refractivity contribution in [2.75, 3.05) is 6.61 Å². The molecule has 1 rings (SSSR count). The first-order valence-electron chi connectivity index (χ1n) is 5.64. The number of rotatable bonds is 5. The average Bonchev–Trinajstić information content (AvgIpc) is 2.27. The first-order chi connectivity index (χ1) is 8.04. The Morgan fingerprint density at radius 2 is 2.24 bits per heavy atom. The lowest BCUT2D eigenvalue weighted by Gasteiger charge is -2.17. The number of aromatic amines is 1. The molecule has 1 heterocycles. The molecule has 1 aromatic heterocycles. The third kappa shape index (κ3) is 4.03. The number of aliphatic hydroxyl groups is 1. The summed E-state index contributed by atoms with van der Waals surface area (Å²) in [5, 5.41) is 11.8. The van der Waals surface area contributed by atoms with Gasteiger partial charge in [-0.05, 0) is 24.5 Å². The standard InChI is InChI=1S/C12H18N2O3/c1-8(2)6-9(7-15)14-12(17)10-4-3-5-13-11(10)16/h3-5,8-9,15H,6-7H2,1-2H3,(H,13,16)(H,14,17). The fourth-order valence-corrected chi connectivity index (χ4v) is 1.61. The van der Waals surface area contributed by atoms with Crippen molar-refractivity contribution in [2.45, 2.75) is 26.3 Å². The Bertz CT molecular complexity index is 426. The van der Waals surface area contributed by atoms with Gasteiger partial charge in [-0.1, -0.05) is 13.8 Å². The van der Waals surface area contributed by atoms with E-state index in [0.717, 1.165) is 0 Å². The number of nitrogens with one attached hydrogen (secondary N) is 2. The van der Waals surface area contributed by atoms with Crippen molar-refractivity contribution in [3.05, 3.63) is 34.2 Å². The Morgan fingerprint density at radius 1 is 1.53 bits per heavy atom. The van der Waals surface area contributed by atoms with Crippen LogP contribution in [0, 0.1) is 5.92 Å². The van der Waals surface area contributed by atoms with Gasteiger partial charge in [-0.15, -0.1) is 0 Å². The van der Waals surface area contributed by atoms with Gasteiger partial charge >= 0.3 is 0 Å². The zero-order valence-corrected chi connectivity index (χ0v) is 10.1. The Hall–Kier alpha value is -1.62. The van der Waals surface area contributed by atoms with Crippen LogP contribution in [-0.2, 0) is 0 Å². The van der Waals surface area contributed by atoms with Crippen molar-refractivity contribution in [2.24, 2.45) is 5.92 Å². The molecule has 17 heavy (non-hydrogen) atoms. The van der Waals surface area contributed by atoms with Crippen LogP contribution in [0.2, 0.25) is 0 Å². The van der Waals surface area contributed by atoms with Gasteiger partial charge in [0, 0.05) is 6.20 Å². The minimum Gasteiger partial charge on any atom is -0.394 e. The number of aliphatic hydroxyl groups excluding tert-OH is 1. The van der Waals surface area contributed by atoms with Gasteiger partial charge in [0.25, 0.3) is 11.5 Å². The van der Waals surface area contributed by atoms with E-state index in [1.54, 1.807) is 6.07 Å². The van der Waals surface area contributed by atoms with E-state index in [1.807, 2.05) is 13.8 Å². The molecule has 0 spiro atoms. The monoisotopic (exact) mass is 238 g/mol. The average molecular weight is 238 g/mol. The van der Waals surface area contributed by atoms with Crippen LogP contribution >= 0.6 is 0 Å². The fourth-order valence-electron chi connectivity index (χ4n) is 1.61. The van der Waals surface area contributed by atoms with Gasteiger partial charge < -0.3 is 15.4 Å². The molecule has 94 valence electrons. The third-order valence-electron chi connectivity index (χ3n) is 2.37. The quantitative estimate of drug-likeness (QED) is 0.699.